The van der Waals surface area contributed by atoms with Crippen LogP contribution in [0.3, 0.4) is 0 Å². The van der Waals surface area contributed by atoms with Crippen molar-refractivity contribution in [1.82, 2.24) is 20.4 Å². The van der Waals surface area contributed by atoms with Gasteiger partial charge in [-0.3, -0.25) is 9.48 Å². The highest BCUT2D eigenvalue weighted by Gasteiger charge is 2.08. The number of amides is 3. The largest absolute Gasteiger partial charge is 0.366 e. The first-order valence-corrected chi connectivity index (χ1v) is 6.95. The minimum absolute atomic E-state index is 0.0443. The Morgan fingerprint density at radius 3 is 2.64 bits per heavy atom. The minimum atomic E-state index is -0.468. The Bertz CT molecular complexity index is 622. The van der Waals surface area contributed by atoms with Crippen LogP contribution < -0.4 is 16.4 Å². The van der Waals surface area contributed by atoms with E-state index in [0.29, 0.717) is 18.7 Å². The molecule has 0 radical (unpaired) electrons. The first kappa shape index (κ1) is 15.6. The highest BCUT2D eigenvalue weighted by molar-refractivity contribution is 5.92. The number of hydrogen-bond donors (Lipinski definition) is 3. The summed E-state index contributed by atoms with van der Waals surface area (Å²) in [5.41, 5.74) is 6.50. The average molecular weight is 301 g/mol. The predicted octanol–water partition coefficient (Wildman–Crippen LogP) is 0.870. The molecule has 0 aliphatic rings. The van der Waals surface area contributed by atoms with Crippen molar-refractivity contribution in [1.29, 1.82) is 0 Å². The van der Waals surface area contributed by atoms with E-state index in [0.717, 1.165) is 5.56 Å². The lowest BCUT2D eigenvalue weighted by atomic mass is 10.1. The maximum absolute atomic E-state index is 11.8. The third kappa shape index (κ3) is 4.62. The van der Waals surface area contributed by atoms with E-state index in [9.17, 15) is 9.59 Å². The fourth-order valence-electron chi connectivity index (χ4n) is 1.98. The van der Waals surface area contributed by atoms with Crippen LogP contribution in [-0.2, 0) is 13.1 Å². The first-order valence-electron chi connectivity index (χ1n) is 6.95. The summed E-state index contributed by atoms with van der Waals surface area (Å²) in [5, 5.41) is 9.68. The van der Waals surface area contributed by atoms with Crippen LogP contribution in [0.4, 0.5) is 4.79 Å². The van der Waals surface area contributed by atoms with E-state index >= 15 is 0 Å². The summed E-state index contributed by atoms with van der Waals surface area (Å²) in [6, 6.07) is 8.33. The molecule has 7 heteroatoms. The van der Waals surface area contributed by atoms with Crippen molar-refractivity contribution in [2.45, 2.75) is 26.1 Å². The van der Waals surface area contributed by atoms with Gasteiger partial charge < -0.3 is 16.4 Å². The minimum Gasteiger partial charge on any atom is -0.366 e. The molecule has 0 bridgehead atoms. The Balaban J connectivity index is 1.76. The van der Waals surface area contributed by atoms with E-state index in [-0.39, 0.29) is 12.1 Å². The lowest BCUT2D eigenvalue weighted by molar-refractivity contribution is 0.1000. The molecule has 116 valence electrons. The number of nitrogens with one attached hydrogen (secondary N) is 2. The molecule has 1 aromatic carbocycles. The molecule has 3 amide bonds. The predicted molar refractivity (Wildman–Crippen MR) is 82.0 cm³/mol. The third-order valence-corrected chi connectivity index (χ3v) is 3.09. The summed E-state index contributed by atoms with van der Waals surface area (Å²) in [7, 11) is 0. The molecule has 1 unspecified atom stereocenters. The van der Waals surface area contributed by atoms with Crippen LogP contribution >= 0.6 is 0 Å². The Labute approximate surface area is 128 Å². The molecule has 0 fully saturated rings. The molecule has 1 heterocycles. The van der Waals surface area contributed by atoms with Gasteiger partial charge in [0.2, 0.25) is 5.91 Å². The van der Waals surface area contributed by atoms with Gasteiger partial charge in [-0.05, 0) is 30.7 Å². The standard InChI is InChI=1S/C15H19N5O2/c1-11(10-20-8-2-7-18-20)19-15(22)17-9-12-3-5-13(6-4-12)14(16)21/h2-8,11H,9-10H2,1H3,(H2,16,21)(H2,17,19,22). The SMILES string of the molecule is CC(Cn1cccn1)NC(=O)NCc1ccc(C(N)=O)cc1. The van der Waals surface area contributed by atoms with Gasteiger partial charge >= 0.3 is 6.03 Å². The number of primary amides is 1. The molecule has 7 nitrogen and oxygen atoms in total. The molecule has 0 saturated carbocycles. The third-order valence-electron chi connectivity index (χ3n) is 3.09. The molecule has 0 saturated heterocycles. The second kappa shape index (κ2) is 7.26. The smallest absolute Gasteiger partial charge is 0.315 e. The number of nitrogens with two attached hydrogens (primary N) is 1. The molecular weight excluding hydrogens is 282 g/mol. The van der Waals surface area contributed by atoms with E-state index in [4.69, 9.17) is 5.73 Å². The van der Waals surface area contributed by atoms with Gasteiger partial charge in [-0.2, -0.15) is 5.10 Å². The highest BCUT2D eigenvalue weighted by atomic mass is 16.2. The Morgan fingerprint density at radius 2 is 2.05 bits per heavy atom. The fourth-order valence-corrected chi connectivity index (χ4v) is 1.98. The van der Waals surface area contributed by atoms with Crippen LogP contribution in [0.25, 0.3) is 0 Å². The number of carbonyl (C=O) groups is 2. The molecule has 22 heavy (non-hydrogen) atoms. The van der Waals surface area contributed by atoms with Crippen LogP contribution in [0, 0.1) is 0 Å². The number of benzene rings is 1. The van der Waals surface area contributed by atoms with Crippen molar-refractivity contribution in [2.24, 2.45) is 5.73 Å². The second-order valence-electron chi connectivity index (χ2n) is 5.02. The van der Waals surface area contributed by atoms with E-state index in [2.05, 4.69) is 15.7 Å². The van der Waals surface area contributed by atoms with Gasteiger partial charge in [0.25, 0.3) is 0 Å². The molecule has 1 atom stereocenters. The van der Waals surface area contributed by atoms with Crippen molar-refractivity contribution in [2.75, 3.05) is 0 Å². The average Bonchev–Trinajstić information content (AvgIpc) is 2.98. The van der Waals surface area contributed by atoms with Crippen molar-refractivity contribution < 1.29 is 9.59 Å². The number of rotatable bonds is 6. The van der Waals surface area contributed by atoms with Crippen molar-refractivity contribution in [3.05, 3.63) is 53.9 Å². The normalized spacial score (nSPS) is 11.7. The first-order chi connectivity index (χ1) is 10.5. The van der Waals surface area contributed by atoms with E-state index < -0.39 is 5.91 Å². The number of carbonyl (C=O) groups excluding carboxylic acids is 2. The summed E-state index contributed by atoms with van der Waals surface area (Å²) < 4.78 is 1.76. The quantitative estimate of drug-likeness (QED) is 0.737. The van der Waals surface area contributed by atoms with Gasteiger partial charge in [0.15, 0.2) is 0 Å². The van der Waals surface area contributed by atoms with Gasteiger partial charge in [0.1, 0.15) is 0 Å². The summed E-state index contributed by atoms with van der Waals surface area (Å²) in [4.78, 5) is 22.8. The summed E-state index contributed by atoms with van der Waals surface area (Å²) >= 11 is 0. The molecule has 1 aromatic heterocycles. The van der Waals surface area contributed by atoms with Crippen LogP contribution in [0.2, 0.25) is 0 Å². The zero-order valence-corrected chi connectivity index (χ0v) is 12.3. The fraction of sp³-hybridized carbons (Fsp3) is 0.267. The molecule has 0 aliphatic carbocycles. The van der Waals surface area contributed by atoms with Crippen LogP contribution in [0.5, 0.6) is 0 Å². The Kier molecular flexibility index (Phi) is 5.13. The van der Waals surface area contributed by atoms with Crippen molar-refractivity contribution in [3.63, 3.8) is 0 Å². The number of urea groups is 1. The van der Waals surface area contributed by atoms with Gasteiger partial charge in [-0.15, -0.1) is 0 Å². The summed E-state index contributed by atoms with van der Waals surface area (Å²) in [6.45, 7) is 2.88. The van der Waals surface area contributed by atoms with E-state index in [1.165, 1.54) is 0 Å². The maximum atomic E-state index is 11.8. The number of hydrogen-bond acceptors (Lipinski definition) is 3. The Hall–Kier alpha value is -2.83. The summed E-state index contributed by atoms with van der Waals surface area (Å²) in [5.74, 6) is -0.468. The molecular formula is C15H19N5O2. The highest BCUT2D eigenvalue weighted by Crippen LogP contribution is 2.03. The van der Waals surface area contributed by atoms with E-state index in [1.54, 1.807) is 35.1 Å². The Morgan fingerprint density at radius 1 is 1.32 bits per heavy atom. The zero-order valence-electron chi connectivity index (χ0n) is 12.3. The molecule has 0 spiro atoms. The topological polar surface area (TPSA) is 102 Å². The molecule has 2 aromatic rings. The van der Waals surface area contributed by atoms with Gasteiger partial charge in [0, 0.05) is 30.5 Å². The maximum Gasteiger partial charge on any atom is 0.315 e. The monoisotopic (exact) mass is 301 g/mol. The van der Waals surface area contributed by atoms with Gasteiger partial charge in [-0.1, -0.05) is 12.1 Å². The molecule has 2 rings (SSSR count). The van der Waals surface area contributed by atoms with Crippen molar-refractivity contribution in [3.8, 4) is 0 Å². The summed E-state index contributed by atoms with van der Waals surface area (Å²) in [6.07, 6.45) is 3.54. The van der Waals surface area contributed by atoms with Crippen molar-refractivity contribution >= 4 is 11.9 Å². The van der Waals surface area contributed by atoms with Gasteiger partial charge in [0.05, 0.1) is 6.54 Å². The van der Waals surface area contributed by atoms with Gasteiger partial charge in [-0.25, -0.2) is 4.79 Å². The second-order valence-corrected chi connectivity index (χ2v) is 5.02. The number of aromatic nitrogens is 2. The number of nitrogens with zero attached hydrogens (tertiary/aromatic N) is 2. The molecule has 4 N–H and O–H groups in total. The van der Waals surface area contributed by atoms with Crippen LogP contribution in [0.1, 0.15) is 22.8 Å². The lowest BCUT2D eigenvalue weighted by Gasteiger charge is -2.14. The lowest BCUT2D eigenvalue weighted by Crippen LogP contribution is -2.42. The van der Waals surface area contributed by atoms with E-state index in [1.807, 2.05) is 19.2 Å². The van der Waals surface area contributed by atoms with Crippen LogP contribution in [-0.4, -0.2) is 27.8 Å². The molecule has 0 aliphatic heterocycles. The van der Waals surface area contributed by atoms with Crippen LogP contribution in [0.15, 0.2) is 42.7 Å². The zero-order chi connectivity index (χ0) is 15.9.